The smallest absolute Gasteiger partial charge is 0.254 e. The summed E-state index contributed by atoms with van der Waals surface area (Å²) in [7, 11) is 0. The summed E-state index contributed by atoms with van der Waals surface area (Å²) in [6.07, 6.45) is 0. The first-order valence-electron chi connectivity index (χ1n) is 12.5. The maximum absolute atomic E-state index is 13.4. The lowest BCUT2D eigenvalue weighted by molar-refractivity contribution is -0.118. The molecule has 2 aromatic carbocycles. The minimum Gasteiger partial charge on any atom is -0.493 e. The van der Waals surface area contributed by atoms with Gasteiger partial charge in [-0.2, -0.15) is 0 Å². The first kappa shape index (κ1) is 24.9. The first-order valence-corrected chi connectivity index (χ1v) is 12.5. The maximum Gasteiger partial charge on any atom is 0.254 e. The average Bonchev–Trinajstić information content (AvgIpc) is 2.95. The number of para-hydroxylation sites is 1. The van der Waals surface area contributed by atoms with Crippen molar-refractivity contribution in [2.24, 2.45) is 0 Å². The molecule has 1 fully saturated rings. The zero-order chi connectivity index (χ0) is 26.5. The molecule has 3 heterocycles. The summed E-state index contributed by atoms with van der Waals surface area (Å²) in [5.41, 5.74) is 1.93. The van der Waals surface area contributed by atoms with Crippen molar-refractivity contribution < 1.29 is 14.7 Å². The van der Waals surface area contributed by atoms with E-state index in [2.05, 4.69) is 25.5 Å². The van der Waals surface area contributed by atoms with Gasteiger partial charge in [0, 0.05) is 69.3 Å². The third-order valence-electron chi connectivity index (χ3n) is 6.37. The van der Waals surface area contributed by atoms with E-state index in [-0.39, 0.29) is 17.7 Å². The quantitative estimate of drug-likeness (QED) is 0.324. The van der Waals surface area contributed by atoms with Gasteiger partial charge in [0.1, 0.15) is 11.6 Å². The van der Waals surface area contributed by atoms with Gasteiger partial charge in [0.05, 0.1) is 11.1 Å². The van der Waals surface area contributed by atoms with Crippen LogP contribution in [0.3, 0.4) is 0 Å². The van der Waals surface area contributed by atoms with E-state index >= 15 is 0 Å². The predicted molar refractivity (Wildman–Crippen MR) is 146 cm³/mol. The zero-order valence-electron chi connectivity index (χ0n) is 21.1. The maximum atomic E-state index is 13.4. The highest BCUT2D eigenvalue weighted by atomic mass is 16.3. The van der Waals surface area contributed by atoms with Gasteiger partial charge in [-0.1, -0.05) is 48.5 Å². The van der Waals surface area contributed by atoms with Crippen molar-refractivity contribution in [2.75, 3.05) is 49.5 Å². The molecule has 0 atom stereocenters. The van der Waals surface area contributed by atoms with Crippen molar-refractivity contribution in [3.05, 3.63) is 72.3 Å². The van der Waals surface area contributed by atoms with Gasteiger partial charge in [-0.25, -0.2) is 15.0 Å². The number of carbonyl (C=O) groups is 2. The van der Waals surface area contributed by atoms with Crippen LogP contribution in [0.25, 0.3) is 22.3 Å². The van der Waals surface area contributed by atoms with Crippen LogP contribution in [0, 0.1) is 0 Å². The van der Waals surface area contributed by atoms with Crippen LogP contribution in [0.5, 0.6) is 5.88 Å². The summed E-state index contributed by atoms with van der Waals surface area (Å²) in [5.74, 6) is 1.64. The molecule has 38 heavy (non-hydrogen) atoms. The normalized spacial score (nSPS) is 13.4. The Bertz CT molecular complexity index is 1450. The lowest BCUT2D eigenvalue weighted by atomic mass is 10.1. The third-order valence-corrected chi connectivity index (χ3v) is 6.37. The van der Waals surface area contributed by atoms with Crippen LogP contribution in [-0.4, -0.2) is 76.0 Å². The average molecular weight is 512 g/mol. The Hall–Kier alpha value is -4.73. The molecule has 0 unspecified atom stereocenters. The first-order chi connectivity index (χ1) is 18.5. The van der Waals surface area contributed by atoms with E-state index in [1.165, 1.54) is 13.0 Å². The largest absolute Gasteiger partial charge is 0.493 e. The SMILES string of the molecule is CC(=O)NCCNc1cc(N2CCN(C(=O)c3cc(O)nc4ccccc34)CC2)nc(-c2ccccc2)n1. The molecular formula is C28H29N7O3. The van der Waals surface area contributed by atoms with Gasteiger partial charge in [-0.15, -0.1) is 0 Å². The molecule has 10 nitrogen and oxygen atoms in total. The number of nitrogens with one attached hydrogen (secondary N) is 2. The molecule has 0 radical (unpaired) electrons. The van der Waals surface area contributed by atoms with Crippen LogP contribution < -0.4 is 15.5 Å². The Morgan fingerprint density at radius 1 is 0.895 bits per heavy atom. The second-order valence-corrected chi connectivity index (χ2v) is 9.04. The highest BCUT2D eigenvalue weighted by molar-refractivity contribution is 6.06. The molecule has 0 bridgehead atoms. The highest BCUT2D eigenvalue weighted by Gasteiger charge is 2.25. The summed E-state index contributed by atoms with van der Waals surface area (Å²) >= 11 is 0. The highest BCUT2D eigenvalue weighted by Crippen LogP contribution is 2.26. The Balaban J connectivity index is 1.33. The van der Waals surface area contributed by atoms with Gasteiger partial charge in [0.2, 0.25) is 11.8 Å². The molecule has 5 rings (SSSR count). The van der Waals surface area contributed by atoms with Crippen LogP contribution >= 0.6 is 0 Å². The fraction of sp³-hybridized carbons (Fsp3) is 0.250. The minimum absolute atomic E-state index is 0.0810. The summed E-state index contributed by atoms with van der Waals surface area (Å²) in [6, 6.07) is 20.4. The van der Waals surface area contributed by atoms with Crippen LogP contribution in [-0.2, 0) is 4.79 Å². The molecule has 1 aliphatic rings. The van der Waals surface area contributed by atoms with E-state index in [9.17, 15) is 14.7 Å². The standard InChI is InChI=1S/C28H29N7O3/c1-19(36)29-11-12-30-24-18-25(33-27(32-24)20-7-3-2-4-8-20)34-13-15-35(16-14-34)28(38)22-17-26(37)31-23-10-6-5-9-21(22)23/h2-10,17-18H,11-16H2,1H3,(H,29,36)(H,31,37)(H,30,32,33). The van der Waals surface area contributed by atoms with E-state index in [4.69, 9.17) is 4.98 Å². The fourth-order valence-electron chi connectivity index (χ4n) is 4.48. The Morgan fingerprint density at radius 3 is 2.39 bits per heavy atom. The van der Waals surface area contributed by atoms with Gasteiger partial charge in [-0.05, 0) is 6.07 Å². The molecule has 0 spiro atoms. The lowest BCUT2D eigenvalue weighted by Crippen LogP contribution is -2.49. The van der Waals surface area contributed by atoms with Gasteiger partial charge in [0.25, 0.3) is 5.91 Å². The monoisotopic (exact) mass is 511 g/mol. The number of hydrogen-bond acceptors (Lipinski definition) is 8. The lowest BCUT2D eigenvalue weighted by Gasteiger charge is -2.35. The molecule has 1 aliphatic heterocycles. The molecule has 4 aromatic rings. The topological polar surface area (TPSA) is 124 Å². The number of piperazine rings is 1. The summed E-state index contributed by atoms with van der Waals surface area (Å²) < 4.78 is 0. The summed E-state index contributed by atoms with van der Waals surface area (Å²) in [5, 5.41) is 16.8. The Kier molecular flexibility index (Phi) is 7.30. The van der Waals surface area contributed by atoms with Crippen molar-refractivity contribution in [2.45, 2.75) is 6.92 Å². The number of anilines is 2. The molecule has 2 aromatic heterocycles. The molecule has 1 saturated heterocycles. The zero-order valence-corrected chi connectivity index (χ0v) is 21.1. The summed E-state index contributed by atoms with van der Waals surface area (Å²) in [6.45, 7) is 4.70. The van der Waals surface area contributed by atoms with Crippen LogP contribution in [0.4, 0.5) is 11.6 Å². The predicted octanol–water partition coefficient (Wildman–Crippen LogP) is 2.91. The molecule has 3 N–H and O–H groups in total. The van der Waals surface area contributed by atoms with Crippen molar-refractivity contribution in [1.29, 1.82) is 0 Å². The van der Waals surface area contributed by atoms with Crippen LogP contribution in [0.1, 0.15) is 17.3 Å². The number of benzene rings is 2. The number of amides is 2. The molecule has 0 aliphatic carbocycles. The number of hydrogen-bond donors (Lipinski definition) is 3. The van der Waals surface area contributed by atoms with Crippen molar-refractivity contribution >= 4 is 34.4 Å². The van der Waals surface area contributed by atoms with Gasteiger partial charge < -0.3 is 25.5 Å². The van der Waals surface area contributed by atoms with E-state index in [1.54, 1.807) is 11.0 Å². The van der Waals surface area contributed by atoms with Crippen LogP contribution in [0.2, 0.25) is 0 Å². The van der Waals surface area contributed by atoms with E-state index < -0.39 is 0 Å². The molecule has 194 valence electrons. The van der Waals surface area contributed by atoms with Gasteiger partial charge >= 0.3 is 0 Å². The number of nitrogens with zero attached hydrogens (tertiary/aromatic N) is 5. The van der Waals surface area contributed by atoms with Crippen molar-refractivity contribution in [3.63, 3.8) is 0 Å². The minimum atomic E-state index is -0.168. The number of rotatable bonds is 7. The third kappa shape index (κ3) is 5.64. The van der Waals surface area contributed by atoms with Crippen molar-refractivity contribution in [3.8, 4) is 17.3 Å². The second kappa shape index (κ2) is 11.1. The van der Waals surface area contributed by atoms with Gasteiger partial charge in [-0.3, -0.25) is 9.59 Å². The van der Waals surface area contributed by atoms with Crippen LogP contribution in [0.15, 0.2) is 66.7 Å². The number of fused-ring (bicyclic) bond motifs is 1. The number of aromatic hydroxyl groups is 1. The number of carbonyl (C=O) groups excluding carboxylic acids is 2. The molecule has 0 saturated carbocycles. The Morgan fingerprint density at radius 2 is 1.63 bits per heavy atom. The molecule has 10 heteroatoms. The number of aromatic nitrogens is 3. The molecular weight excluding hydrogens is 482 g/mol. The fourth-order valence-corrected chi connectivity index (χ4v) is 4.48. The number of pyridine rings is 1. The summed E-state index contributed by atoms with van der Waals surface area (Å²) in [4.78, 5) is 42.2. The second-order valence-electron chi connectivity index (χ2n) is 9.04. The van der Waals surface area contributed by atoms with Crippen molar-refractivity contribution in [1.82, 2.24) is 25.2 Å². The van der Waals surface area contributed by atoms with E-state index in [1.807, 2.05) is 54.6 Å². The van der Waals surface area contributed by atoms with E-state index in [0.29, 0.717) is 62.0 Å². The Labute approximate surface area is 220 Å². The van der Waals surface area contributed by atoms with Gasteiger partial charge in [0.15, 0.2) is 5.82 Å². The van der Waals surface area contributed by atoms with E-state index in [0.717, 1.165) is 16.8 Å². The molecule has 2 amide bonds.